The average Bonchev–Trinajstić information content (AvgIpc) is 1.69. The number of nitrogens with two attached hydrogens (primary N) is 1. The van der Waals surface area contributed by atoms with Crippen LogP contribution in [-0.2, 0) is 0 Å². The predicted molar refractivity (Wildman–Crippen MR) is 31.0 cm³/mol. The zero-order valence-electron chi connectivity index (χ0n) is 4.43. The molecule has 1 aliphatic rings. The molecule has 1 aliphatic carbocycles. The van der Waals surface area contributed by atoms with Crippen molar-refractivity contribution in [1.82, 2.24) is 0 Å². The van der Waals surface area contributed by atoms with Crippen LogP contribution in [0.15, 0.2) is 12.2 Å². The molecule has 2 N–H and O–H groups in total. The molecule has 0 aromatic heterocycles. The summed E-state index contributed by atoms with van der Waals surface area (Å²) in [6, 6.07) is 0.449. The Morgan fingerprint density at radius 1 is 1.43 bits per heavy atom. The maximum Gasteiger partial charge on any atom is 0.00763 e. The molecule has 1 rings (SSSR count). The summed E-state index contributed by atoms with van der Waals surface area (Å²) in [5.74, 6) is 0. The van der Waals surface area contributed by atoms with Crippen LogP contribution in [0, 0.1) is 0 Å². The lowest BCUT2D eigenvalue weighted by Gasteiger charge is -2.09. The zero-order valence-corrected chi connectivity index (χ0v) is 4.43. The second-order valence-corrected chi connectivity index (χ2v) is 2.04. The molecule has 7 heavy (non-hydrogen) atoms. The highest BCUT2D eigenvalue weighted by Crippen LogP contribution is 2.06. The SMILES string of the molecule is NC1CC=CCC1. The van der Waals surface area contributed by atoms with Crippen LogP contribution in [0.5, 0.6) is 0 Å². The lowest BCUT2D eigenvalue weighted by atomic mass is 10.0. The van der Waals surface area contributed by atoms with Gasteiger partial charge in [-0.2, -0.15) is 0 Å². The van der Waals surface area contributed by atoms with Gasteiger partial charge < -0.3 is 5.73 Å². The molecule has 1 heteroatoms. The van der Waals surface area contributed by atoms with E-state index in [1.807, 2.05) is 0 Å². The summed E-state index contributed by atoms with van der Waals surface area (Å²) in [6.07, 6.45) is 7.80. The van der Waals surface area contributed by atoms with Gasteiger partial charge in [0.15, 0.2) is 0 Å². The quantitative estimate of drug-likeness (QED) is 0.449. The van der Waals surface area contributed by atoms with Crippen molar-refractivity contribution in [3.63, 3.8) is 0 Å². The summed E-state index contributed by atoms with van der Waals surface area (Å²) in [6.45, 7) is 0. The Hall–Kier alpha value is -0.300. The summed E-state index contributed by atoms with van der Waals surface area (Å²) in [4.78, 5) is 0. The van der Waals surface area contributed by atoms with Crippen molar-refractivity contribution in [3.8, 4) is 0 Å². The monoisotopic (exact) mass is 97.1 g/mol. The number of rotatable bonds is 0. The number of allylic oxidation sites excluding steroid dienone is 1. The Morgan fingerprint density at radius 2 is 2.29 bits per heavy atom. The van der Waals surface area contributed by atoms with Gasteiger partial charge in [-0.15, -0.1) is 0 Å². The molecule has 40 valence electrons. The Labute approximate surface area is 44.2 Å². The van der Waals surface area contributed by atoms with Gasteiger partial charge >= 0.3 is 0 Å². The minimum absolute atomic E-state index is 0.449. The number of hydrogen-bond acceptors (Lipinski definition) is 1. The average molecular weight is 97.2 g/mol. The molecule has 0 fully saturated rings. The van der Waals surface area contributed by atoms with E-state index in [0.717, 1.165) is 6.42 Å². The standard InChI is InChI=1S/C6H11N/c7-6-4-2-1-3-5-6/h1-2,6H,3-5,7H2. The van der Waals surface area contributed by atoms with Crippen LogP contribution in [0.2, 0.25) is 0 Å². The molecule has 0 radical (unpaired) electrons. The maximum absolute atomic E-state index is 5.58. The molecule has 0 heterocycles. The third-order valence-corrected chi connectivity index (χ3v) is 1.31. The summed E-state index contributed by atoms with van der Waals surface area (Å²) in [5, 5.41) is 0. The molecule has 0 aliphatic heterocycles. The fourth-order valence-corrected chi connectivity index (χ4v) is 0.817. The normalized spacial score (nSPS) is 30.7. The van der Waals surface area contributed by atoms with Crippen molar-refractivity contribution in [3.05, 3.63) is 12.2 Å². The van der Waals surface area contributed by atoms with E-state index in [2.05, 4.69) is 12.2 Å². The molecule has 1 atom stereocenters. The highest BCUT2D eigenvalue weighted by atomic mass is 14.6. The van der Waals surface area contributed by atoms with Crippen molar-refractivity contribution < 1.29 is 0 Å². The maximum atomic E-state index is 5.58. The van der Waals surface area contributed by atoms with Crippen LogP contribution >= 0.6 is 0 Å². The van der Waals surface area contributed by atoms with Gasteiger partial charge in [-0.1, -0.05) is 12.2 Å². The topological polar surface area (TPSA) is 26.0 Å². The smallest absolute Gasteiger partial charge is 0.00763 e. The Balaban J connectivity index is 2.32. The van der Waals surface area contributed by atoms with Crippen molar-refractivity contribution in [2.45, 2.75) is 25.3 Å². The third kappa shape index (κ3) is 1.32. The third-order valence-electron chi connectivity index (χ3n) is 1.31. The molecule has 0 spiro atoms. The van der Waals surface area contributed by atoms with E-state index in [1.165, 1.54) is 12.8 Å². The first-order valence-electron chi connectivity index (χ1n) is 2.80. The summed E-state index contributed by atoms with van der Waals surface area (Å²) in [5.41, 5.74) is 5.58. The van der Waals surface area contributed by atoms with Crippen LogP contribution in [-0.4, -0.2) is 6.04 Å². The van der Waals surface area contributed by atoms with E-state index in [1.54, 1.807) is 0 Å². The van der Waals surface area contributed by atoms with Crippen LogP contribution in [0.25, 0.3) is 0 Å². The first-order chi connectivity index (χ1) is 3.39. The molecule has 0 amide bonds. The zero-order chi connectivity index (χ0) is 5.11. The first-order valence-corrected chi connectivity index (χ1v) is 2.80. The summed E-state index contributed by atoms with van der Waals surface area (Å²) in [7, 11) is 0. The largest absolute Gasteiger partial charge is 0.327 e. The van der Waals surface area contributed by atoms with Crippen molar-refractivity contribution in [2.75, 3.05) is 0 Å². The van der Waals surface area contributed by atoms with E-state index in [4.69, 9.17) is 5.73 Å². The molecule has 0 aromatic carbocycles. The molecule has 0 saturated heterocycles. The van der Waals surface area contributed by atoms with Gasteiger partial charge in [0.25, 0.3) is 0 Å². The van der Waals surface area contributed by atoms with Crippen molar-refractivity contribution in [1.29, 1.82) is 0 Å². The van der Waals surface area contributed by atoms with Crippen LogP contribution in [0.3, 0.4) is 0 Å². The van der Waals surface area contributed by atoms with Gasteiger partial charge in [0.1, 0.15) is 0 Å². The Bertz CT molecular complexity index is 76.2. The molecule has 1 unspecified atom stereocenters. The predicted octanol–water partition coefficient (Wildman–Crippen LogP) is 1.05. The second-order valence-electron chi connectivity index (χ2n) is 2.04. The highest BCUT2D eigenvalue weighted by Gasteiger charge is 2.00. The van der Waals surface area contributed by atoms with E-state index < -0.39 is 0 Å². The highest BCUT2D eigenvalue weighted by molar-refractivity contribution is 4.91. The van der Waals surface area contributed by atoms with Gasteiger partial charge in [0.2, 0.25) is 0 Å². The minimum atomic E-state index is 0.449. The number of hydrogen-bond donors (Lipinski definition) is 1. The lowest BCUT2D eigenvalue weighted by molar-refractivity contribution is 0.606. The fraction of sp³-hybridized carbons (Fsp3) is 0.667. The summed E-state index contributed by atoms with van der Waals surface area (Å²) >= 11 is 0. The van der Waals surface area contributed by atoms with E-state index in [9.17, 15) is 0 Å². The van der Waals surface area contributed by atoms with Crippen molar-refractivity contribution >= 4 is 0 Å². The molecule has 0 bridgehead atoms. The fourth-order valence-electron chi connectivity index (χ4n) is 0.817. The Morgan fingerprint density at radius 3 is 2.57 bits per heavy atom. The van der Waals surface area contributed by atoms with E-state index in [0.29, 0.717) is 6.04 Å². The minimum Gasteiger partial charge on any atom is -0.327 e. The van der Waals surface area contributed by atoms with Crippen LogP contribution in [0.1, 0.15) is 19.3 Å². The first kappa shape index (κ1) is 4.85. The summed E-state index contributed by atoms with van der Waals surface area (Å²) < 4.78 is 0. The molecule has 0 aromatic rings. The molecule has 0 saturated carbocycles. The van der Waals surface area contributed by atoms with E-state index in [-0.39, 0.29) is 0 Å². The molecular weight excluding hydrogens is 86.1 g/mol. The van der Waals surface area contributed by atoms with Crippen LogP contribution < -0.4 is 5.73 Å². The Kier molecular flexibility index (Phi) is 1.47. The van der Waals surface area contributed by atoms with E-state index >= 15 is 0 Å². The van der Waals surface area contributed by atoms with Gasteiger partial charge in [-0.25, -0.2) is 0 Å². The molecular formula is C6H11N. The van der Waals surface area contributed by atoms with Crippen LogP contribution in [0.4, 0.5) is 0 Å². The lowest BCUT2D eigenvalue weighted by Crippen LogP contribution is -2.19. The second kappa shape index (κ2) is 2.12. The van der Waals surface area contributed by atoms with Gasteiger partial charge in [0.05, 0.1) is 0 Å². The van der Waals surface area contributed by atoms with Gasteiger partial charge in [-0.3, -0.25) is 0 Å². The van der Waals surface area contributed by atoms with Gasteiger partial charge in [-0.05, 0) is 19.3 Å². The van der Waals surface area contributed by atoms with Crippen molar-refractivity contribution in [2.24, 2.45) is 5.73 Å². The van der Waals surface area contributed by atoms with Gasteiger partial charge in [0, 0.05) is 6.04 Å². The molecule has 1 nitrogen and oxygen atoms in total.